The number of ether oxygens (including phenoxy) is 1. The van der Waals surface area contributed by atoms with E-state index < -0.39 is 6.09 Å². The molecule has 0 aromatic heterocycles. The molecular formula is C10H12NO2. The summed E-state index contributed by atoms with van der Waals surface area (Å²) in [6.45, 7) is 0.380. The van der Waals surface area contributed by atoms with Gasteiger partial charge in [-0.2, -0.15) is 0 Å². The van der Waals surface area contributed by atoms with Crippen LogP contribution >= 0.6 is 0 Å². The van der Waals surface area contributed by atoms with Crippen LogP contribution in [0.4, 0.5) is 4.79 Å². The number of carbonyl (C=O) groups excluding carboxylic acids is 1. The fourth-order valence-electron chi connectivity index (χ4n) is 0.957. The molecule has 13 heavy (non-hydrogen) atoms. The summed E-state index contributed by atoms with van der Waals surface area (Å²) in [6, 6.07) is 9.84. The summed E-state index contributed by atoms with van der Waals surface area (Å²) in [5.41, 5.74) is 1.15. The Labute approximate surface area is 77.7 Å². The quantitative estimate of drug-likeness (QED) is 0.765. The van der Waals surface area contributed by atoms with Crippen molar-refractivity contribution >= 4 is 6.09 Å². The fraction of sp³-hybridized carbons (Fsp3) is 0.200. The predicted molar refractivity (Wildman–Crippen MR) is 50.0 cm³/mol. The molecule has 0 saturated heterocycles. The lowest BCUT2D eigenvalue weighted by atomic mass is 10.2. The summed E-state index contributed by atoms with van der Waals surface area (Å²) >= 11 is 0. The molecule has 0 saturated carbocycles. The normalized spacial score (nSPS) is 9.31. The van der Waals surface area contributed by atoms with Crippen LogP contribution in [0.5, 0.6) is 0 Å². The molecule has 69 valence electrons. The van der Waals surface area contributed by atoms with Crippen molar-refractivity contribution < 1.29 is 9.53 Å². The van der Waals surface area contributed by atoms with E-state index in [2.05, 4.69) is 12.4 Å². The van der Waals surface area contributed by atoms with Crippen molar-refractivity contribution in [2.75, 3.05) is 6.61 Å². The lowest BCUT2D eigenvalue weighted by molar-refractivity contribution is 0.151. The topological polar surface area (TPSA) is 38.3 Å². The van der Waals surface area contributed by atoms with E-state index in [1.54, 1.807) is 0 Å². The van der Waals surface area contributed by atoms with E-state index in [4.69, 9.17) is 4.74 Å². The third-order valence-corrected chi connectivity index (χ3v) is 1.61. The van der Waals surface area contributed by atoms with E-state index >= 15 is 0 Å². The van der Waals surface area contributed by atoms with E-state index in [0.29, 0.717) is 6.61 Å². The summed E-state index contributed by atoms with van der Waals surface area (Å²) in [5, 5.41) is 2.14. The van der Waals surface area contributed by atoms with Crippen molar-refractivity contribution in [3.8, 4) is 0 Å². The Hall–Kier alpha value is -1.51. The third-order valence-electron chi connectivity index (χ3n) is 1.61. The summed E-state index contributed by atoms with van der Waals surface area (Å²) in [5.74, 6) is 0. The zero-order chi connectivity index (χ0) is 9.52. The number of rotatable bonds is 3. The monoisotopic (exact) mass is 178 g/mol. The van der Waals surface area contributed by atoms with E-state index in [-0.39, 0.29) is 0 Å². The molecule has 0 aliphatic heterocycles. The standard InChI is InChI=1S/C10H12NO2/c1-11-10(12)13-8-7-9-5-3-2-4-6-9/h2-6H,1,7-8H2,(H,11,12). The van der Waals surface area contributed by atoms with Gasteiger partial charge in [0, 0.05) is 13.5 Å². The fourth-order valence-corrected chi connectivity index (χ4v) is 0.957. The van der Waals surface area contributed by atoms with Gasteiger partial charge in [-0.1, -0.05) is 30.3 Å². The lowest BCUT2D eigenvalue weighted by Gasteiger charge is -2.03. The van der Waals surface area contributed by atoms with Crippen LogP contribution < -0.4 is 5.32 Å². The highest BCUT2D eigenvalue weighted by atomic mass is 16.5. The zero-order valence-corrected chi connectivity index (χ0v) is 7.32. The highest BCUT2D eigenvalue weighted by Crippen LogP contribution is 1.99. The summed E-state index contributed by atoms with van der Waals surface area (Å²) in [6.07, 6.45) is 0.241. The Bertz CT molecular complexity index is 259. The Morgan fingerprint density at radius 3 is 2.69 bits per heavy atom. The molecule has 1 aromatic carbocycles. The zero-order valence-electron chi connectivity index (χ0n) is 7.32. The average molecular weight is 178 g/mol. The Kier molecular flexibility index (Phi) is 3.82. The lowest BCUT2D eigenvalue weighted by Crippen LogP contribution is -2.18. The van der Waals surface area contributed by atoms with Crippen LogP contribution in [0.2, 0.25) is 0 Å². The maximum atomic E-state index is 10.6. The molecule has 0 aliphatic carbocycles. The molecule has 0 fully saturated rings. The minimum Gasteiger partial charge on any atom is -0.449 e. The first-order valence-electron chi connectivity index (χ1n) is 4.06. The van der Waals surface area contributed by atoms with Crippen LogP contribution in [-0.2, 0) is 11.2 Å². The number of benzene rings is 1. The van der Waals surface area contributed by atoms with Crippen LogP contribution in [0, 0.1) is 7.05 Å². The number of hydrogen-bond acceptors (Lipinski definition) is 2. The van der Waals surface area contributed by atoms with Gasteiger partial charge in [-0.3, -0.25) is 0 Å². The summed E-state index contributed by atoms with van der Waals surface area (Å²) < 4.78 is 4.78. The third kappa shape index (κ3) is 3.60. The number of nitrogens with one attached hydrogen (secondary N) is 1. The molecule has 1 amide bonds. The molecule has 0 unspecified atom stereocenters. The number of amides is 1. The van der Waals surface area contributed by atoms with Gasteiger partial charge in [0.1, 0.15) is 0 Å². The molecule has 1 N–H and O–H groups in total. The van der Waals surface area contributed by atoms with E-state index in [1.807, 2.05) is 30.3 Å². The van der Waals surface area contributed by atoms with Crippen molar-refractivity contribution in [2.24, 2.45) is 0 Å². The van der Waals surface area contributed by atoms with E-state index in [0.717, 1.165) is 12.0 Å². The minimum atomic E-state index is -0.490. The maximum Gasteiger partial charge on any atom is 0.407 e. The molecule has 0 heterocycles. The van der Waals surface area contributed by atoms with Gasteiger partial charge in [0.15, 0.2) is 0 Å². The van der Waals surface area contributed by atoms with Gasteiger partial charge < -0.3 is 10.1 Å². The summed E-state index contributed by atoms with van der Waals surface area (Å²) in [4.78, 5) is 10.6. The van der Waals surface area contributed by atoms with Gasteiger partial charge in [0.2, 0.25) is 0 Å². The van der Waals surface area contributed by atoms with Crippen LogP contribution in [0.25, 0.3) is 0 Å². The Morgan fingerprint density at radius 1 is 1.38 bits per heavy atom. The number of hydrogen-bond donors (Lipinski definition) is 1. The molecule has 1 radical (unpaired) electrons. The van der Waals surface area contributed by atoms with Crippen molar-refractivity contribution in [2.45, 2.75) is 6.42 Å². The Morgan fingerprint density at radius 2 is 2.08 bits per heavy atom. The van der Waals surface area contributed by atoms with Crippen molar-refractivity contribution in [1.82, 2.24) is 5.32 Å². The van der Waals surface area contributed by atoms with Gasteiger partial charge >= 0.3 is 6.09 Å². The molecule has 1 aromatic rings. The molecule has 0 bridgehead atoms. The van der Waals surface area contributed by atoms with Crippen LogP contribution in [0.1, 0.15) is 5.56 Å². The second kappa shape index (κ2) is 5.19. The van der Waals surface area contributed by atoms with E-state index in [1.165, 1.54) is 0 Å². The summed E-state index contributed by atoms with van der Waals surface area (Å²) in [7, 11) is 3.19. The molecule has 3 heteroatoms. The SMILES string of the molecule is [CH2]NC(=O)OCCc1ccccc1. The van der Waals surface area contributed by atoms with Crippen LogP contribution in [-0.4, -0.2) is 12.7 Å². The molecule has 0 spiro atoms. The van der Waals surface area contributed by atoms with Crippen LogP contribution in [0.3, 0.4) is 0 Å². The molecule has 0 aliphatic rings. The van der Waals surface area contributed by atoms with Crippen molar-refractivity contribution in [3.05, 3.63) is 42.9 Å². The first-order valence-corrected chi connectivity index (χ1v) is 4.06. The number of alkyl carbamates (subject to hydrolysis) is 1. The van der Waals surface area contributed by atoms with E-state index in [9.17, 15) is 4.79 Å². The van der Waals surface area contributed by atoms with Gasteiger partial charge in [0.05, 0.1) is 6.61 Å². The van der Waals surface area contributed by atoms with Gasteiger partial charge in [-0.05, 0) is 5.56 Å². The molecule has 1 rings (SSSR count). The molecular weight excluding hydrogens is 166 g/mol. The van der Waals surface area contributed by atoms with Gasteiger partial charge in [0.25, 0.3) is 0 Å². The predicted octanol–water partition coefficient (Wildman–Crippen LogP) is 1.75. The average Bonchev–Trinajstić information content (AvgIpc) is 2.19. The largest absolute Gasteiger partial charge is 0.449 e. The van der Waals surface area contributed by atoms with Gasteiger partial charge in [-0.25, -0.2) is 4.79 Å². The first-order chi connectivity index (χ1) is 6.33. The highest BCUT2D eigenvalue weighted by molar-refractivity contribution is 5.67. The second-order valence-electron chi connectivity index (χ2n) is 2.55. The highest BCUT2D eigenvalue weighted by Gasteiger charge is 1.97. The molecule has 0 atom stereocenters. The van der Waals surface area contributed by atoms with Gasteiger partial charge in [-0.15, -0.1) is 0 Å². The number of carbonyl (C=O) groups is 1. The smallest absolute Gasteiger partial charge is 0.407 e. The maximum absolute atomic E-state index is 10.6. The molecule has 3 nitrogen and oxygen atoms in total. The second-order valence-corrected chi connectivity index (χ2v) is 2.55. The first kappa shape index (κ1) is 9.58. The van der Waals surface area contributed by atoms with Crippen LogP contribution in [0.15, 0.2) is 30.3 Å². The Balaban J connectivity index is 2.24. The van der Waals surface area contributed by atoms with Crippen molar-refractivity contribution in [1.29, 1.82) is 0 Å². The minimum absolute atomic E-state index is 0.380. The van der Waals surface area contributed by atoms with Crippen molar-refractivity contribution in [3.63, 3.8) is 0 Å².